The summed E-state index contributed by atoms with van der Waals surface area (Å²) in [5.74, 6) is 6.12. The van der Waals surface area contributed by atoms with Crippen molar-refractivity contribution in [2.45, 2.75) is 12.3 Å². The van der Waals surface area contributed by atoms with Gasteiger partial charge >= 0.3 is 0 Å². The Hall–Kier alpha value is -2.11. The molecule has 7 nitrogen and oxygen atoms in total. The molecule has 1 aromatic rings. The second-order valence-electron chi connectivity index (χ2n) is 4.97. The van der Waals surface area contributed by atoms with E-state index in [1.807, 2.05) is 31.1 Å². The molecule has 0 fully saturated rings. The van der Waals surface area contributed by atoms with Crippen LogP contribution in [-0.2, 0) is 12.3 Å². The van der Waals surface area contributed by atoms with Crippen molar-refractivity contribution < 1.29 is 9.34 Å². The fourth-order valence-corrected chi connectivity index (χ4v) is 2.48. The zero-order chi connectivity index (χ0) is 17.1. The number of thioether (sulfide) groups is 1. The van der Waals surface area contributed by atoms with E-state index in [1.165, 1.54) is 0 Å². The van der Waals surface area contributed by atoms with Crippen LogP contribution in [0.4, 0.5) is 0 Å². The molecule has 0 saturated heterocycles. The van der Waals surface area contributed by atoms with Crippen LogP contribution in [0.25, 0.3) is 0 Å². The van der Waals surface area contributed by atoms with Gasteiger partial charge in [0.05, 0.1) is 23.8 Å². The van der Waals surface area contributed by atoms with Crippen molar-refractivity contribution in [1.82, 2.24) is 15.5 Å². The molecule has 0 spiro atoms. The third kappa shape index (κ3) is 8.80. The zero-order valence-electron chi connectivity index (χ0n) is 13.4. The summed E-state index contributed by atoms with van der Waals surface area (Å²) < 4.78 is 5.71. The van der Waals surface area contributed by atoms with Crippen molar-refractivity contribution in [3.05, 3.63) is 45.8 Å². The maximum absolute atomic E-state index is 10.5. The number of hydrogen-bond acceptors (Lipinski definition) is 7. The van der Waals surface area contributed by atoms with Crippen LogP contribution >= 0.6 is 11.8 Å². The Kier molecular flexibility index (Phi) is 8.72. The van der Waals surface area contributed by atoms with Gasteiger partial charge in [-0.1, -0.05) is 5.92 Å². The highest BCUT2D eigenvalue weighted by atomic mass is 32.2. The van der Waals surface area contributed by atoms with E-state index in [9.17, 15) is 10.1 Å². The van der Waals surface area contributed by atoms with Crippen LogP contribution in [-0.4, -0.2) is 42.8 Å². The van der Waals surface area contributed by atoms with E-state index in [0.29, 0.717) is 12.4 Å². The molecule has 0 bridgehead atoms. The first kappa shape index (κ1) is 18.9. The Bertz CT molecular complexity index is 563. The van der Waals surface area contributed by atoms with Crippen LogP contribution in [0.3, 0.4) is 0 Å². The molecule has 0 aliphatic rings. The molecule has 0 unspecified atom stereocenters. The number of terminal acetylenes is 1. The maximum atomic E-state index is 10.5. The second kappa shape index (κ2) is 10.6. The van der Waals surface area contributed by atoms with Crippen molar-refractivity contribution in [3.63, 3.8) is 0 Å². The van der Waals surface area contributed by atoms with E-state index >= 15 is 0 Å². The first-order valence-electron chi connectivity index (χ1n) is 7.08. The van der Waals surface area contributed by atoms with Gasteiger partial charge in [-0.3, -0.25) is 10.1 Å². The number of furan rings is 1. The number of hydrogen-bond donors (Lipinski definition) is 2. The molecular weight excluding hydrogens is 316 g/mol. The summed E-state index contributed by atoms with van der Waals surface area (Å²) in [5, 5.41) is 16.2. The smallest absolute Gasteiger partial charge is 0.274 e. The lowest BCUT2D eigenvalue weighted by Crippen LogP contribution is -2.29. The summed E-state index contributed by atoms with van der Waals surface area (Å²) in [7, 11) is 3.99. The zero-order valence-corrected chi connectivity index (χ0v) is 14.2. The number of nitrogens with zero attached hydrogens (tertiary/aromatic N) is 2. The van der Waals surface area contributed by atoms with Crippen molar-refractivity contribution >= 4 is 11.8 Å². The van der Waals surface area contributed by atoms with E-state index in [0.717, 1.165) is 35.8 Å². The summed E-state index contributed by atoms with van der Waals surface area (Å²) >= 11 is 1.69. The Morgan fingerprint density at radius 2 is 2.22 bits per heavy atom. The van der Waals surface area contributed by atoms with Crippen LogP contribution in [0.5, 0.6) is 0 Å². The van der Waals surface area contributed by atoms with Gasteiger partial charge in [-0.15, -0.1) is 6.42 Å². The quantitative estimate of drug-likeness (QED) is 0.273. The monoisotopic (exact) mass is 338 g/mol. The van der Waals surface area contributed by atoms with Crippen molar-refractivity contribution in [2.75, 3.05) is 32.9 Å². The number of nitro groups is 1. The Labute approximate surface area is 140 Å². The molecule has 0 aromatic carbocycles. The molecule has 0 aliphatic carbocycles. The maximum Gasteiger partial charge on any atom is 0.274 e. The molecule has 126 valence electrons. The van der Waals surface area contributed by atoms with Gasteiger partial charge in [0.15, 0.2) is 5.82 Å². The highest BCUT2D eigenvalue weighted by molar-refractivity contribution is 7.98. The third-order valence-corrected chi connectivity index (χ3v) is 3.59. The molecule has 0 radical (unpaired) electrons. The topological polar surface area (TPSA) is 83.6 Å². The average Bonchev–Trinajstić information content (AvgIpc) is 2.90. The van der Waals surface area contributed by atoms with Gasteiger partial charge in [-0.2, -0.15) is 11.8 Å². The summed E-state index contributed by atoms with van der Waals surface area (Å²) in [4.78, 5) is 12.0. The van der Waals surface area contributed by atoms with Crippen LogP contribution in [0.15, 0.2) is 28.6 Å². The van der Waals surface area contributed by atoms with E-state index in [2.05, 4.69) is 16.6 Å². The molecule has 2 N–H and O–H groups in total. The second-order valence-corrected chi connectivity index (χ2v) is 6.08. The summed E-state index contributed by atoms with van der Waals surface area (Å²) in [5.41, 5.74) is 0. The van der Waals surface area contributed by atoms with Gasteiger partial charge in [0.2, 0.25) is 0 Å². The highest BCUT2D eigenvalue weighted by Crippen LogP contribution is 2.15. The fourth-order valence-electron chi connectivity index (χ4n) is 1.73. The first-order chi connectivity index (χ1) is 11.0. The highest BCUT2D eigenvalue weighted by Gasteiger charge is 2.04. The molecular formula is C15H22N4O3S. The molecule has 0 atom stereocenters. The van der Waals surface area contributed by atoms with E-state index in [1.54, 1.807) is 11.8 Å². The normalized spacial score (nSPS) is 11.3. The minimum atomic E-state index is -0.520. The van der Waals surface area contributed by atoms with Crippen LogP contribution in [0, 0.1) is 22.5 Å². The van der Waals surface area contributed by atoms with Crippen LogP contribution in [0.1, 0.15) is 11.5 Å². The molecule has 1 rings (SSSR count). The average molecular weight is 338 g/mol. The molecule has 0 saturated carbocycles. The SMILES string of the molecule is C#CCN/C(=C/[N+](=O)[O-])NCCSCc1ccc(CN(C)C)o1. The van der Waals surface area contributed by atoms with Gasteiger partial charge in [-0.25, -0.2) is 0 Å². The fraction of sp³-hybridized carbons (Fsp3) is 0.467. The Morgan fingerprint density at radius 3 is 2.87 bits per heavy atom. The molecule has 23 heavy (non-hydrogen) atoms. The minimum absolute atomic E-state index is 0.237. The van der Waals surface area contributed by atoms with Crippen molar-refractivity contribution in [1.29, 1.82) is 0 Å². The molecule has 1 heterocycles. The van der Waals surface area contributed by atoms with Crippen LogP contribution in [0.2, 0.25) is 0 Å². The van der Waals surface area contributed by atoms with Gasteiger partial charge in [0.25, 0.3) is 6.20 Å². The lowest BCUT2D eigenvalue weighted by atomic mass is 10.4. The minimum Gasteiger partial charge on any atom is -0.464 e. The summed E-state index contributed by atoms with van der Waals surface area (Å²) in [6.07, 6.45) is 6.00. The largest absolute Gasteiger partial charge is 0.464 e. The van der Waals surface area contributed by atoms with Gasteiger partial charge in [0.1, 0.15) is 11.5 Å². The Morgan fingerprint density at radius 1 is 1.48 bits per heavy atom. The van der Waals surface area contributed by atoms with E-state index < -0.39 is 4.92 Å². The lowest BCUT2D eigenvalue weighted by Gasteiger charge is -2.09. The predicted molar refractivity (Wildman–Crippen MR) is 92.2 cm³/mol. The van der Waals surface area contributed by atoms with E-state index in [4.69, 9.17) is 10.8 Å². The number of nitrogens with one attached hydrogen (secondary N) is 2. The number of rotatable bonds is 11. The Balaban J connectivity index is 2.27. The molecule has 1 aromatic heterocycles. The van der Waals surface area contributed by atoms with Crippen LogP contribution < -0.4 is 10.6 Å². The third-order valence-electron chi connectivity index (χ3n) is 2.61. The first-order valence-corrected chi connectivity index (χ1v) is 8.23. The van der Waals surface area contributed by atoms with Crippen molar-refractivity contribution in [2.24, 2.45) is 0 Å². The summed E-state index contributed by atoms with van der Waals surface area (Å²) in [6, 6.07) is 3.96. The lowest BCUT2D eigenvalue weighted by molar-refractivity contribution is -0.404. The summed E-state index contributed by atoms with van der Waals surface area (Å²) in [6.45, 7) is 1.61. The standard InChI is InChI=1S/C15H22N4O3S/c1-4-7-16-15(11-19(20)21)17-8-9-23-12-14-6-5-13(22-14)10-18(2)3/h1,5-6,11,16-17H,7-10,12H2,2-3H3/b15-11-. The van der Waals surface area contributed by atoms with Gasteiger partial charge < -0.3 is 20.0 Å². The molecule has 0 amide bonds. The van der Waals surface area contributed by atoms with Gasteiger partial charge in [-0.05, 0) is 26.2 Å². The van der Waals surface area contributed by atoms with Crippen molar-refractivity contribution in [3.8, 4) is 12.3 Å². The van der Waals surface area contributed by atoms with Gasteiger partial charge in [0, 0.05) is 12.3 Å². The molecule has 0 aliphatic heterocycles. The molecule has 8 heteroatoms. The predicted octanol–water partition coefficient (Wildman–Crippen LogP) is 1.46. The van der Waals surface area contributed by atoms with E-state index in [-0.39, 0.29) is 6.54 Å².